The number of rotatable bonds is 2. The fraction of sp³-hybridized carbons (Fsp3) is 0.615. The quantitative estimate of drug-likeness (QED) is 0.752. The van der Waals surface area contributed by atoms with Crippen molar-refractivity contribution < 1.29 is 0 Å². The smallest absolute Gasteiger partial charge is 0.0655 e. The Labute approximate surface area is 103 Å². The van der Waals surface area contributed by atoms with Crippen LogP contribution in [0, 0.1) is 18.8 Å². The topological polar surface area (TPSA) is 33.1 Å². The molecule has 2 rings (SSSR count). The minimum Gasteiger partial charge on any atom is -0.314 e. The molecule has 17 heavy (non-hydrogen) atoms. The van der Waals surface area contributed by atoms with E-state index in [1.165, 1.54) is 5.69 Å². The molecule has 1 aliphatic heterocycles. The minimum absolute atomic E-state index is 0.860. The second-order valence-corrected chi connectivity index (χ2v) is 4.29. The Morgan fingerprint density at radius 3 is 2.82 bits per heavy atom. The molecule has 0 spiro atoms. The zero-order valence-electron chi connectivity index (χ0n) is 10.7. The highest BCUT2D eigenvalue weighted by Crippen LogP contribution is 2.04. The minimum atomic E-state index is 0.860. The Morgan fingerprint density at radius 1 is 1.41 bits per heavy atom. The number of hydrogen-bond donors (Lipinski definition) is 1. The summed E-state index contributed by atoms with van der Waals surface area (Å²) >= 11 is 0. The summed E-state index contributed by atoms with van der Waals surface area (Å²) in [7, 11) is 0. The highest BCUT2D eigenvalue weighted by Gasteiger charge is 2.07. The first-order valence-electron chi connectivity index (χ1n) is 6.25. The third-order valence-corrected chi connectivity index (χ3v) is 3.14. The Morgan fingerprint density at radius 2 is 2.18 bits per heavy atom. The van der Waals surface area contributed by atoms with Gasteiger partial charge in [-0.1, -0.05) is 11.8 Å². The van der Waals surface area contributed by atoms with Crippen LogP contribution in [0.2, 0.25) is 0 Å². The van der Waals surface area contributed by atoms with E-state index in [1.807, 2.05) is 10.9 Å². The first-order chi connectivity index (χ1) is 8.31. The Hall–Kier alpha value is -1.31. The van der Waals surface area contributed by atoms with E-state index in [4.69, 9.17) is 0 Å². The van der Waals surface area contributed by atoms with Crippen LogP contribution in [0.15, 0.2) is 6.20 Å². The van der Waals surface area contributed by atoms with Gasteiger partial charge in [-0.05, 0) is 13.8 Å². The van der Waals surface area contributed by atoms with E-state index in [-0.39, 0.29) is 0 Å². The Balaban J connectivity index is 1.93. The van der Waals surface area contributed by atoms with Crippen LogP contribution in [-0.4, -0.2) is 47.4 Å². The van der Waals surface area contributed by atoms with Gasteiger partial charge in [0.05, 0.1) is 24.0 Å². The predicted molar refractivity (Wildman–Crippen MR) is 68.8 cm³/mol. The highest BCUT2D eigenvalue weighted by molar-refractivity contribution is 5.36. The van der Waals surface area contributed by atoms with Crippen LogP contribution in [-0.2, 0) is 6.54 Å². The first kappa shape index (κ1) is 12.2. The molecule has 0 unspecified atom stereocenters. The molecule has 0 aromatic carbocycles. The van der Waals surface area contributed by atoms with Crippen molar-refractivity contribution in [3.63, 3.8) is 0 Å². The number of nitrogens with zero attached hydrogens (tertiary/aromatic N) is 3. The van der Waals surface area contributed by atoms with Crippen LogP contribution in [0.1, 0.15) is 18.2 Å². The van der Waals surface area contributed by atoms with E-state index in [2.05, 4.69) is 41.0 Å². The van der Waals surface area contributed by atoms with E-state index in [0.29, 0.717) is 0 Å². The van der Waals surface area contributed by atoms with Crippen molar-refractivity contribution >= 4 is 0 Å². The second kappa shape index (κ2) is 5.85. The normalized spacial score (nSPS) is 16.6. The van der Waals surface area contributed by atoms with Gasteiger partial charge in [0.1, 0.15) is 0 Å². The van der Waals surface area contributed by atoms with Crippen LogP contribution >= 0.6 is 0 Å². The molecule has 0 aliphatic carbocycles. The van der Waals surface area contributed by atoms with Crippen molar-refractivity contribution in [1.29, 1.82) is 0 Å². The fourth-order valence-corrected chi connectivity index (χ4v) is 2.00. The molecule has 1 aromatic rings. The SMILES string of the molecule is CCn1ncc(C#CCN2CCNCC2)c1C. The molecule has 2 heterocycles. The maximum Gasteiger partial charge on any atom is 0.0655 e. The van der Waals surface area contributed by atoms with Crippen molar-refractivity contribution in [2.75, 3.05) is 32.7 Å². The van der Waals surface area contributed by atoms with Crippen LogP contribution in [0.5, 0.6) is 0 Å². The largest absolute Gasteiger partial charge is 0.314 e. The number of piperazine rings is 1. The lowest BCUT2D eigenvalue weighted by atomic mass is 10.2. The molecule has 0 bridgehead atoms. The van der Waals surface area contributed by atoms with E-state index in [9.17, 15) is 0 Å². The van der Waals surface area contributed by atoms with Gasteiger partial charge in [-0.3, -0.25) is 9.58 Å². The summed E-state index contributed by atoms with van der Waals surface area (Å²) in [5, 5.41) is 7.63. The van der Waals surface area contributed by atoms with Gasteiger partial charge in [0, 0.05) is 32.7 Å². The fourth-order valence-electron chi connectivity index (χ4n) is 2.00. The van der Waals surface area contributed by atoms with Crippen molar-refractivity contribution in [3.8, 4) is 11.8 Å². The monoisotopic (exact) mass is 232 g/mol. The summed E-state index contributed by atoms with van der Waals surface area (Å²) in [6, 6.07) is 0. The Kier molecular flexibility index (Phi) is 4.18. The molecule has 1 saturated heterocycles. The molecule has 1 fully saturated rings. The van der Waals surface area contributed by atoms with Crippen molar-refractivity contribution in [1.82, 2.24) is 20.0 Å². The second-order valence-electron chi connectivity index (χ2n) is 4.29. The predicted octanol–water partition coefficient (Wildman–Crippen LogP) is 0.468. The molecule has 0 saturated carbocycles. The molecule has 0 atom stereocenters. The van der Waals surface area contributed by atoms with E-state index < -0.39 is 0 Å². The molecule has 1 N–H and O–H groups in total. The van der Waals surface area contributed by atoms with Gasteiger partial charge in [-0.2, -0.15) is 5.10 Å². The molecule has 1 aromatic heterocycles. The maximum absolute atomic E-state index is 4.29. The number of nitrogens with one attached hydrogen (secondary N) is 1. The van der Waals surface area contributed by atoms with Crippen molar-refractivity contribution in [3.05, 3.63) is 17.5 Å². The average molecular weight is 232 g/mol. The molecular weight excluding hydrogens is 212 g/mol. The zero-order chi connectivity index (χ0) is 12.1. The molecular formula is C13H20N4. The van der Waals surface area contributed by atoms with E-state index >= 15 is 0 Å². The maximum atomic E-state index is 4.29. The number of hydrogen-bond acceptors (Lipinski definition) is 3. The molecule has 0 radical (unpaired) electrons. The molecule has 1 aliphatic rings. The van der Waals surface area contributed by atoms with Crippen molar-refractivity contribution in [2.24, 2.45) is 0 Å². The van der Waals surface area contributed by atoms with Gasteiger partial charge in [-0.25, -0.2) is 0 Å². The third kappa shape index (κ3) is 3.09. The lowest BCUT2D eigenvalue weighted by molar-refractivity contribution is 0.268. The number of aromatic nitrogens is 2. The van der Waals surface area contributed by atoms with Gasteiger partial charge < -0.3 is 5.32 Å². The molecule has 92 valence electrons. The van der Waals surface area contributed by atoms with Gasteiger partial charge in [0.2, 0.25) is 0 Å². The third-order valence-electron chi connectivity index (χ3n) is 3.14. The van der Waals surface area contributed by atoms with Gasteiger partial charge in [-0.15, -0.1) is 0 Å². The summed E-state index contributed by atoms with van der Waals surface area (Å²) in [4.78, 5) is 2.38. The van der Waals surface area contributed by atoms with Crippen LogP contribution in [0.3, 0.4) is 0 Å². The number of aryl methyl sites for hydroxylation is 1. The van der Waals surface area contributed by atoms with E-state index in [1.54, 1.807) is 0 Å². The van der Waals surface area contributed by atoms with Gasteiger partial charge in [0.15, 0.2) is 0 Å². The van der Waals surface area contributed by atoms with Gasteiger partial charge >= 0.3 is 0 Å². The van der Waals surface area contributed by atoms with Crippen LogP contribution < -0.4 is 5.32 Å². The lowest BCUT2D eigenvalue weighted by Crippen LogP contribution is -2.43. The average Bonchev–Trinajstić information content (AvgIpc) is 2.72. The standard InChI is InChI=1S/C13H20N4/c1-3-17-12(2)13(11-15-17)5-4-8-16-9-6-14-7-10-16/h11,14H,3,6-10H2,1-2H3. The van der Waals surface area contributed by atoms with Gasteiger partial charge in [0.25, 0.3) is 0 Å². The van der Waals surface area contributed by atoms with Crippen LogP contribution in [0.4, 0.5) is 0 Å². The lowest BCUT2D eigenvalue weighted by Gasteiger charge is -2.24. The Bertz CT molecular complexity index is 418. The van der Waals surface area contributed by atoms with E-state index in [0.717, 1.165) is 44.8 Å². The molecule has 0 amide bonds. The summed E-state index contributed by atoms with van der Waals surface area (Å²) < 4.78 is 1.98. The highest BCUT2D eigenvalue weighted by atomic mass is 15.3. The van der Waals surface area contributed by atoms with Crippen LogP contribution in [0.25, 0.3) is 0 Å². The summed E-state index contributed by atoms with van der Waals surface area (Å²) in [5.41, 5.74) is 2.22. The summed E-state index contributed by atoms with van der Waals surface area (Å²) in [6.45, 7) is 10.3. The summed E-state index contributed by atoms with van der Waals surface area (Å²) in [6.07, 6.45) is 1.86. The zero-order valence-corrected chi connectivity index (χ0v) is 10.7. The summed E-state index contributed by atoms with van der Waals surface area (Å²) in [5.74, 6) is 6.46. The molecule has 4 heteroatoms. The molecule has 4 nitrogen and oxygen atoms in total. The van der Waals surface area contributed by atoms with Crippen molar-refractivity contribution in [2.45, 2.75) is 20.4 Å². The first-order valence-corrected chi connectivity index (χ1v) is 6.25.